The van der Waals surface area contributed by atoms with E-state index in [2.05, 4.69) is 17.1 Å². The first-order valence-electron chi connectivity index (χ1n) is 5.75. The molecule has 0 radical (unpaired) electrons. The summed E-state index contributed by atoms with van der Waals surface area (Å²) >= 11 is 5.78. The van der Waals surface area contributed by atoms with Crippen LogP contribution in [0.3, 0.4) is 0 Å². The van der Waals surface area contributed by atoms with Crippen molar-refractivity contribution in [1.82, 2.24) is 4.98 Å². The van der Waals surface area contributed by atoms with Gasteiger partial charge in [0.05, 0.1) is 18.9 Å². The van der Waals surface area contributed by atoms with Crippen LogP contribution in [0.2, 0.25) is 5.15 Å². The summed E-state index contributed by atoms with van der Waals surface area (Å²) in [5, 5.41) is 0.496. The van der Waals surface area contributed by atoms with Gasteiger partial charge in [-0.3, -0.25) is 0 Å². The molecule has 0 saturated carbocycles. The molecule has 0 fully saturated rings. The van der Waals surface area contributed by atoms with E-state index in [-0.39, 0.29) is 0 Å². The molecular weight excluding hydrogens is 246 g/mol. The highest BCUT2D eigenvalue weighted by Crippen LogP contribution is 2.06. The minimum Gasteiger partial charge on any atom is -0.371 e. The van der Waals surface area contributed by atoms with Crippen LogP contribution in [0.1, 0.15) is 11.3 Å². The zero-order chi connectivity index (χ0) is 12.6. The molecule has 0 atom stereocenters. The van der Waals surface area contributed by atoms with Crippen molar-refractivity contribution in [2.45, 2.75) is 6.61 Å². The fourth-order valence-corrected chi connectivity index (χ4v) is 1.69. The second-order valence-electron chi connectivity index (χ2n) is 3.78. The molecule has 0 spiro atoms. The van der Waals surface area contributed by atoms with Crippen molar-refractivity contribution in [2.24, 2.45) is 0 Å². The average Bonchev–Trinajstić information content (AvgIpc) is 2.40. The molecule has 2 aromatic rings. The van der Waals surface area contributed by atoms with E-state index in [1.165, 1.54) is 5.56 Å². The number of hydrogen-bond donors (Lipinski definition) is 0. The van der Waals surface area contributed by atoms with Crippen molar-refractivity contribution < 1.29 is 4.74 Å². The summed E-state index contributed by atoms with van der Waals surface area (Å²) < 4.78 is 5.49. The highest BCUT2D eigenvalue weighted by atomic mass is 35.5. The summed E-state index contributed by atoms with van der Waals surface area (Å²) in [6, 6.07) is 15.6. The minimum absolute atomic E-state index is 0.472. The topological polar surface area (TPSA) is 22.1 Å². The predicted molar refractivity (Wildman–Crippen MR) is 74.4 cm³/mol. The lowest BCUT2D eigenvalue weighted by molar-refractivity contribution is 0.146. The summed E-state index contributed by atoms with van der Waals surface area (Å²) in [5.74, 6) is 0. The summed E-state index contributed by atoms with van der Waals surface area (Å²) in [5.41, 5.74) is 2.01. The summed E-state index contributed by atoms with van der Waals surface area (Å²) in [6.07, 6.45) is 4.02. The lowest BCUT2D eigenvalue weighted by Gasteiger charge is -2.01. The second kappa shape index (κ2) is 6.94. The quantitative estimate of drug-likeness (QED) is 0.599. The zero-order valence-electron chi connectivity index (χ0n) is 9.92. The van der Waals surface area contributed by atoms with Gasteiger partial charge in [0.1, 0.15) is 5.15 Å². The molecule has 3 heteroatoms. The van der Waals surface area contributed by atoms with E-state index in [1.807, 2.05) is 42.5 Å². The smallest absolute Gasteiger partial charge is 0.129 e. The normalized spacial score (nSPS) is 10.9. The fourth-order valence-electron chi connectivity index (χ4n) is 1.51. The van der Waals surface area contributed by atoms with Crippen molar-refractivity contribution in [3.05, 3.63) is 71.0 Å². The van der Waals surface area contributed by atoms with Crippen LogP contribution in [0.25, 0.3) is 6.08 Å². The summed E-state index contributed by atoms with van der Waals surface area (Å²) in [6.45, 7) is 1.03. The Kier molecular flexibility index (Phi) is 4.94. The summed E-state index contributed by atoms with van der Waals surface area (Å²) in [4.78, 5) is 4.15. The Morgan fingerprint density at radius 2 is 1.89 bits per heavy atom. The molecule has 0 saturated heterocycles. The number of rotatable bonds is 5. The molecule has 92 valence electrons. The molecule has 1 aromatic heterocycles. The van der Waals surface area contributed by atoms with Crippen LogP contribution < -0.4 is 0 Å². The number of hydrogen-bond acceptors (Lipinski definition) is 2. The van der Waals surface area contributed by atoms with Gasteiger partial charge in [-0.25, -0.2) is 4.98 Å². The summed E-state index contributed by atoms with van der Waals surface area (Å²) in [7, 11) is 0. The van der Waals surface area contributed by atoms with Crippen LogP contribution >= 0.6 is 11.6 Å². The lowest BCUT2D eigenvalue weighted by atomic mass is 10.2. The molecule has 0 aliphatic heterocycles. The van der Waals surface area contributed by atoms with Crippen molar-refractivity contribution >= 4 is 17.7 Å². The SMILES string of the molecule is Clc1cccc(COCC=Cc2ccccc2)n1. The minimum atomic E-state index is 0.472. The van der Waals surface area contributed by atoms with Crippen molar-refractivity contribution in [3.63, 3.8) is 0 Å². The van der Waals surface area contributed by atoms with Gasteiger partial charge >= 0.3 is 0 Å². The number of halogens is 1. The number of benzene rings is 1. The van der Waals surface area contributed by atoms with Gasteiger partial charge in [0.15, 0.2) is 0 Å². The monoisotopic (exact) mass is 259 g/mol. The number of nitrogens with zero attached hydrogens (tertiary/aromatic N) is 1. The first kappa shape index (κ1) is 12.8. The van der Waals surface area contributed by atoms with Crippen molar-refractivity contribution in [1.29, 1.82) is 0 Å². The highest BCUT2D eigenvalue weighted by Gasteiger charge is 1.94. The molecule has 0 unspecified atom stereocenters. The first-order valence-corrected chi connectivity index (χ1v) is 6.13. The van der Waals surface area contributed by atoms with Gasteiger partial charge in [0.25, 0.3) is 0 Å². The predicted octanol–water partition coefficient (Wildman–Crippen LogP) is 3.97. The molecule has 0 aliphatic carbocycles. The Morgan fingerprint density at radius 1 is 1.06 bits per heavy atom. The Hall–Kier alpha value is -1.64. The van der Waals surface area contributed by atoms with Crippen molar-refractivity contribution in [2.75, 3.05) is 6.61 Å². The zero-order valence-corrected chi connectivity index (χ0v) is 10.7. The second-order valence-corrected chi connectivity index (χ2v) is 4.17. The Balaban J connectivity index is 1.75. The van der Waals surface area contributed by atoms with Gasteiger partial charge in [-0.15, -0.1) is 0 Å². The van der Waals surface area contributed by atoms with Gasteiger partial charge in [0.2, 0.25) is 0 Å². The van der Waals surface area contributed by atoms with Gasteiger partial charge in [-0.1, -0.05) is 60.2 Å². The first-order chi connectivity index (χ1) is 8.84. The van der Waals surface area contributed by atoms with Crippen LogP contribution in [0.4, 0.5) is 0 Å². The maximum Gasteiger partial charge on any atom is 0.129 e. The number of pyridine rings is 1. The molecule has 1 heterocycles. The Bertz CT molecular complexity index is 511. The standard InChI is InChI=1S/C15H14ClNO/c16-15-10-4-9-14(17-15)12-18-11-5-8-13-6-2-1-3-7-13/h1-10H,11-12H2. The van der Waals surface area contributed by atoms with Gasteiger partial charge in [-0.2, -0.15) is 0 Å². The van der Waals surface area contributed by atoms with Gasteiger partial charge in [-0.05, 0) is 17.7 Å². The molecule has 18 heavy (non-hydrogen) atoms. The maximum atomic E-state index is 5.78. The largest absolute Gasteiger partial charge is 0.371 e. The third-order valence-electron chi connectivity index (χ3n) is 2.35. The highest BCUT2D eigenvalue weighted by molar-refractivity contribution is 6.29. The molecule has 0 amide bonds. The molecule has 2 rings (SSSR count). The Morgan fingerprint density at radius 3 is 2.67 bits per heavy atom. The van der Waals surface area contributed by atoms with E-state index in [0.717, 1.165) is 5.69 Å². The number of ether oxygens (including phenoxy) is 1. The van der Waals surface area contributed by atoms with E-state index in [0.29, 0.717) is 18.4 Å². The van der Waals surface area contributed by atoms with Crippen LogP contribution in [-0.4, -0.2) is 11.6 Å². The third kappa shape index (κ3) is 4.32. The van der Waals surface area contributed by atoms with Crippen LogP contribution in [-0.2, 0) is 11.3 Å². The molecule has 0 aliphatic rings. The molecule has 1 aromatic carbocycles. The van der Waals surface area contributed by atoms with Crippen LogP contribution in [0.15, 0.2) is 54.6 Å². The lowest BCUT2D eigenvalue weighted by Crippen LogP contribution is -1.95. The van der Waals surface area contributed by atoms with E-state index in [4.69, 9.17) is 16.3 Å². The van der Waals surface area contributed by atoms with Crippen LogP contribution in [0.5, 0.6) is 0 Å². The Labute approximate surface area is 112 Å². The van der Waals surface area contributed by atoms with E-state index >= 15 is 0 Å². The van der Waals surface area contributed by atoms with E-state index in [9.17, 15) is 0 Å². The van der Waals surface area contributed by atoms with Gasteiger partial charge < -0.3 is 4.74 Å². The van der Waals surface area contributed by atoms with Crippen molar-refractivity contribution in [3.8, 4) is 0 Å². The van der Waals surface area contributed by atoms with E-state index < -0.39 is 0 Å². The number of aromatic nitrogens is 1. The third-order valence-corrected chi connectivity index (χ3v) is 2.56. The molecule has 0 bridgehead atoms. The molecule has 2 nitrogen and oxygen atoms in total. The van der Waals surface area contributed by atoms with Crippen LogP contribution in [0, 0.1) is 0 Å². The average molecular weight is 260 g/mol. The molecular formula is C15H14ClNO. The van der Waals surface area contributed by atoms with Gasteiger partial charge in [0, 0.05) is 0 Å². The maximum absolute atomic E-state index is 5.78. The fraction of sp³-hybridized carbons (Fsp3) is 0.133. The van der Waals surface area contributed by atoms with E-state index in [1.54, 1.807) is 6.07 Å². The molecule has 0 N–H and O–H groups in total.